The Balaban J connectivity index is 1.65. The molecule has 0 aliphatic carbocycles. The van der Waals surface area contributed by atoms with Crippen molar-refractivity contribution in [3.63, 3.8) is 0 Å². The number of aryl methyl sites for hydroxylation is 1. The Hall–Kier alpha value is -2.87. The molecule has 3 amide bonds. The maximum atomic E-state index is 12.6. The Morgan fingerprint density at radius 2 is 1.97 bits per heavy atom. The highest BCUT2D eigenvalue weighted by Gasteiger charge is 2.33. The van der Waals surface area contributed by atoms with Crippen molar-refractivity contribution in [3.05, 3.63) is 52.3 Å². The minimum Gasteiger partial charge on any atom is -0.357 e. The molecular formula is C20H24ClN5O3. The first-order chi connectivity index (χ1) is 13.9. The number of nitrogens with one attached hydrogen (secondary N) is 2. The lowest BCUT2D eigenvalue weighted by molar-refractivity contribution is -0.137. The molecule has 1 fully saturated rings. The molecule has 0 bridgehead atoms. The van der Waals surface area contributed by atoms with Gasteiger partial charge in [0.05, 0.1) is 24.3 Å². The zero-order valence-electron chi connectivity index (χ0n) is 16.4. The van der Waals surface area contributed by atoms with Crippen LogP contribution in [0.4, 0.5) is 0 Å². The van der Waals surface area contributed by atoms with Gasteiger partial charge >= 0.3 is 0 Å². The zero-order valence-corrected chi connectivity index (χ0v) is 17.2. The second kappa shape index (κ2) is 9.09. The molecule has 3 rings (SSSR count). The smallest absolute Gasteiger partial charge is 0.256 e. The molecule has 1 aliphatic rings. The monoisotopic (exact) mass is 417 g/mol. The lowest BCUT2D eigenvalue weighted by Gasteiger charge is -2.23. The number of amides is 3. The molecule has 0 saturated carbocycles. The molecule has 2 N–H and O–H groups in total. The molecule has 2 aromatic rings. The topological polar surface area (TPSA) is 96.3 Å². The van der Waals surface area contributed by atoms with E-state index in [4.69, 9.17) is 11.6 Å². The number of aromatic nitrogens is 2. The Morgan fingerprint density at radius 3 is 2.66 bits per heavy atom. The van der Waals surface area contributed by atoms with Gasteiger partial charge in [-0.15, -0.1) is 0 Å². The van der Waals surface area contributed by atoms with Crippen molar-refractivity contribution >= 4 is 29.3 Å². The highest BCUT2D eigenvalue weighted by molar-refractivity contribution is 6.33. The lowest BCUT2D eigenvalue weighted by Crippen LogP contribution is -2.48. The first-order valence-electron chi connectivity index (χ1n) is 9.48. The molecule has 1 aromatic heterocycles. The Labute approximate surface area is 174 Å². The van der Waals surface area contributed by atoms with Crippen LogP contribution in [0.1, 0.15) is 34.5 Å². The van der Waals surface area contributed by atoms with Gasteiger partial charge in [0, 0.05) is 13.6 Å². The van der Waals surface area contributed by atoms with Gasteiger partial charge in [-0.2, -0.15) is 5.10 Å². The predicted octanol–water partition coefficient (Wildman–Crippen LogP) is 1.36. The second-order valence-corrected chi connectivity index (χ2v) is 7.29. The highest BCUT2D eigenvalue weighted by atomic mass is 35.5. The number of likely N-dealkylation sites (tertiary alicyclic amines) is 1. The van der Waals surface area contributed by atoms with E-state index in [-0.39, 0.29) is 29.1 Å². The predicted molar refractivity (Wildman–Crippen MR) is 109 cm³/mol. The van der Waals surface area contributed by atoms with Gasteiger partial charge in [0.1, 0.15) is 11.2 Å². The molecule has 1 aliphatic heterocycles. The number of hydrogen-bond acceptors (Lipinski definition) is 4. The lowest BCUT2D eigenvalue weighted by atomic mass is 10.2. The van der Waals surface area contributed by atoms with Crippen molar-refractivity contribution in [3.8, 4) is 0 Å². The fourth-order valence-corrected chi connectivity index (χ4v) is 3.84. The summed E-state index contributed by atoms with van der Waals surface area (Å²) < 4.78 is 1.56. The van der Waals surface area contributed by atoms with Gasteiger partial charge in [0.15, 0.2) is 0 Å². The van der Waals surface area contributed by atoms with E-state index < -0.39 is 11.9 Å². The average molecular weight is 418 g/mol. The third-order valence-electron chi connectivity index (χ3n) is 4.99. The zero-order chi connectivity index (χ0) is 21.0. The van der Waals surface area contributed by atoms with Crippen LogP contribution in [0.5, 0.6) is 0 Å². The third-order valence-corrected chi connectivity index (χ3v) is 5.37. The molecular weight excluding hydrogens is 394 g/mol. The van der Waals surface area contributed by atoms with Gasteiger partial charge in [-0.1, -0.05) is 41.9 Å². The maximum Gasteiger partial charge on any atom is 0.256 e. The largest absolute Gasteiger partial charge is 0.357 e. The number of benzene rings is 1. The van der Waals surface area contributed by atoms with E-state index in [1.807, 2.05) is 30.3 Å². The van der Waals surface area contributed by atoms with Crippen LogP contribution in [-0.2, 0) is 16.1 Å². The first kappa shape index (κ1) is 20.9. The van der Waals surface area contributed by atoms with Gasteiger partial charge in [0.2, 0.25) is 11.8 Å². The van der Waals surface area contributed by atoms with Crippen LogP contribution in [0.2, 0.25) is 5.15 Å². The molecule has 0 spiro atoms. The number of halogens is 1. The van der Waals surface area contributed by atoms with Crippen LogP contribution >= 0.6 is 11.6 Å². The number of nitrogens with zero attached hydrogens (tertiary/aromatic N) is 3. The summed E-state index contributed by atoms with van der Waals surface area (Å²) in [6.07, 6.45) is 1.38. The van der Waals surface area contributed by atoms with Crippen LogP contribution < -0.4 is 10.6 Å². The fraction of sp³-hybridized carbons (Fsp3) is 0.400. The summed E-state index contributed by atoms with van der Waals surface area (Å²) in [6.45, 7) is 2.44. The van der Waals surface area contributed by atoms with Crippen molar-refractivity contribution in [1.82, 2.24) is 25.3 Å². The minimum absolute atomic E-state index is 0.191. The minimum atomic E-state index is -0.483. The van der Waals surface area contributed by atoms with Crippen LogP contribution in [-0.4, -0.2) is 58.6 Å². The van der Waals surface area contributed by atoms with Gasteiger partial charge in [-0.05, 0) is 25.3 Å². The van der Waals surface area contributed by atoms with Gasteiger partial charge in [-0.3, -0.25) is 14.4 Å². The quantitative estimate of drug-likeness (QED) is 0.741. The fourth-order valence-electron chi connectivity index (χ4n) is 3.52. The number of hydrogen-bond donors (Lipinski definition) is 2. The number of carbonyl (C=O) groups excluding carboxylic acids is 3. The van der Waals surface area contributed by atoms with E-state index in [1.54, 1.807) is 18.7 Å². The van der Waals surface area contributed by atoms with Crippen LogP contribution in [0.3, 0.4) is 0 Å². The number of carbonyl (C=O) groups is 3. The SMILES string of the molecule is CNC(=O)C1CCCN1C(=O)CNC(=O)c1c(C)nn(Cc2ccccc2)c1Cl. The standard InChI is InChI=1S/C20H24ClN5O3/c1-13-17(18(21)26(24-13)12-14-7-4-3-5-8-14)20(29)23-11-16(27)25-10-6-9-15(25)19(28)22-2/h3-5,7-8,15H,6,9-12H2,1-2H3,(H,22,28)(H,23,29). The summed E-state index contributed by atoms with van der Waals surface area (Å²) in [5, 5.41) is 9.76. The summed E-state index contributed by atoms with van der Waals surface area (Å²) in [6, 6.07) is 9.18. The van der Waals surface area contributed by atoms with Crippen LogP contribution in [0.25, 0.3) is 0 Å². The van der Waals surface area contributed by atoms with E-state index in [9.17, 15) is 14.4 Å². The molecule has 29 heavy (non-hydrogen) atoms. The molecule has 1 atom stereocenters. The number of rotatable bonds is 6. The van der Waals surface area contributed by atoms with E-state index >= 15 is 0 Å². The maximum absolute atomic E-state index is 12.6. The van der Waals surface area contributed by atoms with E-state index in [1.165, 1.54) is 4.90 Å². The summed E-state index contributed by atoms with van der Waals surface area (Å²) in [5.74, 6) is -0.950. The third kappa shape index (κ3) is 4.59. The van der Waals surface area contributed by atoms with Gasteiger partial charge in [-0.25, -0.2) is 4.68 Å². The van der Waals surface area contributed by atoms with Crippen molar-refractivity contribution in [2.45, 2.75) is 32.4 Å². The van der Waals surface area contributed by atoms with Crippen molar-refractivity contribution in [1.29, 1.82) is 0 Å². The average Bonchev–Trinajstić information content (AvgIpc) is 3.31. The van der Waals surface area contributed by atoms with Crippen molar-refractivity contribution in [2.24, 2.45) is 0 Å². The summed E-state index contributed by atoms with van der Waals surface area (Å²) in [7, 11) is 1.54. The molecule has 2 heterocycles. The van der Waals surface area contributed by atoms with Gasteiger partial charge in [0.25, 0.3) is 5.91 Å². The number of likely N-dealkylation sites (N-methyl/N-ethyl adjacent to an activating group) is 1. The van der Waals surface area contributed by atoms with E-state index in [2.05, 4.69) is 15.7 Å². The molecule has 154 valence electrons. The molecule has 1 aromatic carbocycles. The van der Waals surface area contributed by atoms with Crippen LogP contribution in [0.15, 0.2) is 30.3 Å². The first-order valence-corrected chi connectivity index (χ1v) is 9.86. The Bertz CT molecular complexity index is 912. The van der Waals surface area contributed by atoms with E-state index in [0.717, 1.165) is 12.0 Å². The van der Waals surface area contributed by atoms with Crippen LogP contribution in [0, 0.1) is 6.92 Å². The molecule has 9 heteroatoms. The van der Waals surface area contributed by atoms with E-state index in [0.29, 0.717) is 25.2 Å². The Kier molecular flexibility index (Phi) is 6.53. The molecule has 0 radical (unpaired) electrons. The molecule has 1 unspecified atom stereocenters. The Morgan fingerprint density at radius 1 is 1.24 bits per heavy atom. The van der Waals surface area contributed by atoms with Crippen molar-refractivity contribution in [2.75, 3.05) is 20.1 Å². The normalized spacial score (nSPS) is 16.0. The summed E-state index contributed by atoms with van der Waals surface area (Å²) in [5.41, 5.74) is 1.74. The van der Waals surface area contributed by atoms with Gasteiger partial charge < -0.3 is 15.5 Å². The summed E-state index contributed by atoms with van der Waals surface area (Å²) in [4.78, 5) is 38.6. The van der Waals surface area contributed by atoms with Crippen molar-refractivity contribution < 1.29 is 14.4 Å². The second-order valence-electron chi connectivity index (χ2n) is 6.94. The molecule has 1 saturated heterocycles. The molecule has 8 nitrogen and oxygen atoms in total. The summed E-state index contributed by atoms with van der Waals surface area (Å²) >= 11 is 6.39. The highest BCUT2D eigenvalue weighted by Crippen LogP contribution is 2.21.